The Kier molecular flexibility index (Phi) is 3.91. The van der Waals surface area contributed by atoms with Crippen LogP contribution in [0.1, 0.15) is 5.56 Å². The second-order valence-corrected chi connectivity index (χ2v) is 6.70. The summed E-state index contributed by atoms with van der Waals surface area (Å²) in [6, 6.07) is 5.25. The summed E-state index contributed by atoms with van der Waals surface area (Å²) < 4.78 is 47.0. The number of ether oxygens (including phenoxy) is 2. The third kappa shape index (κ3) is 3.30. The monoisotopic (exact) mass is 290 g/mol. The fourth-order valence-corrected chi connectivity index (χ4v) is 3.02. The molecule has 1 heterocycles. The molecule has 2 rings (SSSR count). The van der Waals surface area contributed by atoms with Gasteiger partial charge in [0, 0.05) is 11.8 Å². The smallest absolute Gasteiger partial charge is 0.209 e. The molecule has 5 nitrogen and oxygen atoms in total. The van der Waals surface area contributed by atoms with E-state index >= 15 is 0 Å². The van der Waals surface area contributed by atoms with Gasteiger partial charge in [0.2, 0.25) is 5.79 Å². The molecule has 1 aliphatic rings. The summed E-state index contributed by atoms with van der Waals surface area (Å²) >= 11 is 0. The Balaban J connectivity index is 2.37. The largest absolute Gasteiger partial charge is 0.394 e. The first-order valence-corrected chi connectivity index (χ1v) is 7.77. The predicted molar refractivity (Wildman–Crippen MR) is 65.7 cm³/mol. The molecule has 1 aromatic rings. The van der Waals surface area contributed by atoms with E-state index in [0.717, 1.165) is 6.26 Å². The summed E-state index contributed by atoms with van der Waals surface area (Å²) in [5, 5.41) is 9.07. The molecule has 1 aromatic carbocycles. The second kappa shape index (κ2) is 5.16. The average molecular weight is 290 g/mol. The third-order valence-corrected chi connectivity index (χ3v) is 3.70. The lowest BCUT2D eigenvalue weighted by Gasteiger charge is -2.27. The number of benzene rings is 1. The summed E-state index contributed by atoms with van der Waals surface area (Å²) in [4.78, 5) is 0. The summed E-state index contributed by atoms with van der Waals surface area (Å²) in [6.45, 7) is -0.184. The molecule has 1 N–H and O–H groups in total. The van der Waals surface area contributed by atoms with Gasteiger partial charge in [-0.1, -0.05) is 12.1 Å². The van der Waals surface area contributed by atoms with Gasteiger partial charge < -0.3 is 14.6 Å². The zero-order valence-corrected chi connectivity index (χ0v) is 11.2. The molecule has 2 atom stereocenters. The highest BCUT2D eigenvalue weighted by Gasteiger charge is 2.45. The molecule has 1 aliphatic heterocycles. The summed E-state index contributed by atoms with van der Waals surface area (Å²) in [5.74, 6) is -2.30. The number of rotatable bonds is 4. The number of sulfone groups is 1. The van der Waals surface area contributed by atoms with Gasteiger partial charge in [-0.25, -0.2) is 12.8 Å². The minimum atomic E-state index is -3.38. The minimum absolute atomic E-state index is 0.0867. The number of halogens is 1. The standard InChI is InChI=1S/C12H15FO5S/c1-19(15,16)8-12(17-7-11(6-14)18-12)9-2-4-10(13)5-3-9/h2-5,11,14H,6-8H2,1H3. The van der Waals surface area contributed by atoms with Gasteiger partial charge >= 0.3 is 0 Å². The maximum Gasteiger partial charge on any atom is 0.209 e. The van der Waals surface area contributed by atoms with E-state index in [9.17, 15) is 12.8 Å². The normalized spacial score (nSPS) is 27.6. The Morgan fingerprint density at radius 1 is 1.42 bits per heavy atom. The van der Waals surface area contributed by atoms with Crippen molar-refractivity contribution in [2.45, 2.75) is 11.9 Å². The third-order valence-electron chi connectivity index (χ3n) is 2.80. The van der Waals surface area contributed by atoms with Crippen molar-refractivity contribution in [2.24, 2.45) is 0 Å². The molecule has 0 aromatic heterocycles. The van der Waals surface area contributed by atoms with Gasteiger partial charge in [0.05, 0.1) is 13.2 Å². The Morgan fingerprint density at radius 3 is 2.53 bits per heavy atom. The highest BCUT2D eigenvalue weighted by molar-refractivity contribution is 7.90. The number of hydrogen-bond acceptors (Lipinski definition) is 5. The first kappa shape index (κ1) is 14.4. The van der Waals surface area contributed by atoms with E-state index in [0.29, 0.717) is 5.56 Å². The molecular formula is C12H15FO5S. The van der Waals surface area contributed by atoms with E-state index in [1.165, 1.54) is 24.3 Å². The molecule has 0 saturated carbocycles. The lowest BCUT2D eigenvalue weighted by Crippen LogP contribution is -2.36. The van der Waals surface area contributed by atoms with Crippen molar-refractivity contribution in [2.75, 3.05) is 25.2 Å². The zero-order valence-electron chi connectivity index (χ0n) is 10.4. The van der Waals surface area contributed by atoms with Crippen LogP contribution in [-0.4, -0.2) is 44.9 Å². The van der Waals surface area contributed by atoms with Gasteiger partial charge in [-0.2, -0.15) is 0 Å². The molecule has 106 valence electrons. The Hall–Kier alpha value is -1.02. The molecule has 1 fully saturated rings. The van der Waals surface area contributed by atoms with Gasteiger partial charge in [-0.05, 0) is 12.1 Å². The number of hydrogen-bond donors (Lipinski definition) is 1. The van der Waals surface area contributed by atoms with Crippen molar-refractivity contribution >= 4 is 9.84 Å². The first-order valence-electron chi connectivity index (χ1n) is 5.71. The fraction of sp³-hybridized carbons (Fsp3) is 0.500. The van der Waals surface area contributed by atoms with Crippen LogP contribution in [0.2, 0.25) is 0 Å². The molecule has 19 heavy (non-hydrogen) atoms. The van der Waals surface area contributed by atoms with Crippen LogP contribution in [0.25, 0.3) is 0 Å². The summed E-state index contributed by atoms with van der Waals surface area (Å²) in [7, 11) is -3.38. The molecule has 0 aliphatic carbocycles. The molecule has 7 heteroatoms. The van der Waals surface area contributed by atoms with E-state index in [1.54, 1.807) is 0 Å². The summed E-state index contributed by atoms with van der Waals surface area (Å²) in [5.41, 5.74) is 0.412. The average Bonchev–Trinajstić information content (AvgIpc) is 2.72. The van der Waals surface area contributed by atoms with E-state index < -0.39 is 27.5 Å². The van der Waals surface area contributed by atoms with Crippen molar-refractivity contribution < 1.29 is 27.4 Å². The van der Waals surface area contributed by atoms with Gasteiger partial charge in [0.25, 0.3) is 0 Å². The first-order chi connectivity index (χ1) is 8.85. The molecule has 0 spiro atoms. The highest BCUT2D eigenvalue weighted by atomic mass is 32.2. The number of aliphatic hydroxyl groups is 1. The molecule has 0 radical (unpaired) electrons. The SMILES string of the molecule is CS(=O)(=O)CC1(c2ccc(F)cc2)OCC(CO)O1. The van der Waals surface area contributed by atoms with E-state index in [1.807, 2.05) is 0 Å². The van der Waals surface area contributed by atoms with Gasteiger partial charge in [0.15, 0.2) is 9.84 Å². The quantitative estimate of drug-likeness (QED) is 0.870. The predicted octanol–water partition coefficient (Wildman–Crippen LogP) is 0.431. The van der Waals surface area contributed by atoms with Crippen LogP contribution in [0.5, 0.6) is 0 Å². The molecule has 0 amide bonds. The van der Waals surface area contributed by atoms with Gasteiger partial charge in [0.1, 0.15) is 17.7 Å². The van der Waals surface area contributed by atoms with Crippen molar-refractivity contribution in [1.29, 1.82) is 0 Å². The van der Waals surface area contributed by atoms with Crippen LogP contribution in [0.4, 0.5) is 4.39 Å². The molecule has 1 saturated heterocycles. The zero-order chi connectivity index (χ0) is 14.1. The van der Waals surface area contributed by atoms with Gasteiger partial charge in [-0.15, -0.1) is 0 Å². The number of aliphatic hydroxyl groups excluding tert-OH is 1. The Morgan fingerprint density at radius 2 is 2.05 bits per heavy atom. The minimum Gasteiger partial charge on any atom is -0.394 e. The maximum absolute atomic E-state index is 12.9. The van der Waals surface area contributed by atoms with Crippen LogP contribution < -0.4 is 0 Å². The van der Waals surface area contributed by atoms with E-state index in [4.69, 9.17) is 14.6 Å². The lowest BCUT2D eigenvalue weighted by atomic mass is 10.1. The van der Waals surface area contributed by atoms with Crippen LogP contribution >= 0.6 is 0 Å². The highest BCUT2D eigenvalue weighted by Crippen LogP contribution is 2.35. The van der Waals surface area contributed by atoms with Crippen molar-refractivity contribution in [1.82, 2.24) is 0 Å². The van der Waals surface area contributed by atoms with Crippen LogP contribution in [0.15, 0.2) is 24.3 Å². The molecular weight excluding hydrogens is 275 g/mol. The topological polar surface area (TPSA) is 72.8 Å². The van der Waals surface area contributed by atoms with Gasteiger partial charge in [-0.3, -0.25) is 0 Å². The van der Waals surface area contributed by atoms with E-state index in [2.05, 4.69) is 0 Å². The Bertz CT molecular complexity index is 542. The van der Waals surface area contributed by atoms with Crippen LogP contribution in [-0.2, 0) is 25.1 Å². The van der Waals surface area contributed by atoms with Crippen molar-refractivity contribution in [3.05, 3.63) is 35.6 Å². The second-order valence-electron chi connectivity index (χ2n) is 4.56. The van der Waals surface area contributed by atoms with Crippen LogP contribution in [0.3, 0.4) is 0 Å². The molecule has 0 bridgehead atoms. The van der Waals surface area contributed by atoms with E-state index in [-0.39, 0.29) is 19.0 Å². The Labute approximate surface area is 110 Å². The summed E-state index contributed by atoms with van der Waals surface area (Å²) in [6.07, 6.45) is 0.476. The van der Waals surface area contributed by atoms with Crippen molar-refractivity contribution in [3.63, 3.8) is 0 Å². The fourth-order valence-electron chi connectivity index (χ4n) is 2.01. The van der Waals surface area contributed by atoms with Crippen molar-refractivity contribution in [3.8, 4) is 0 Å². The van der Waals surface area contributed by atoms with Crippen LogP contribution in [0, 0.1) is 5.82 Å². The lowest BCUT2D eigenvalue weighted by molar-refractivity contribution is -0.162. The maximum atomic E-state index is 12.9. The molecule has 2 unspecified atom stereocenters.